The Balaban J connectivity index is 3.27. The normalized spacial score (nSPS) is 12.9. The lowest BCUT2D eigenvalue weighted by atomic mass is 10.2. The number of amides is 1. The van der Waals surface area contributed by atoms with Gasteiger partial charge in [0, 0.05) is 24.5 Å². The number of rotatable bonds is 1. The summed E-state index contributed by atoms with van der Waals surface area (Å²) in [5.74, 6) is 0. The molecule has 1 rings (SSSR count). The summed E-state index contributed by atoms with van der Waals surface area (Å²) in [6.07, 6.45) is 1.32. The van der Waals surface area contributed by atoms with Gasteiger partial charge in [-0.15, -0.1) is 4.99 Å². The number of carbonyl (C=O) groups is 2. The van der Waals surface area contributed by atoms with Gasteiger partial charge in [0.25, 0.3) is 0 Å². The molecule has 1 aromatic heterocycles. The third-order valence-electron chi connectivity index (χ3n) is 2.27. The van der Waals surface area contributed by atoms with Crippen LogP contribution in [0.15, 0.2) is 17.4 Å². The van der Waals surface area contributed by atoms with Gasteiger partial charge in [-0.2, -0.15) is 0 Å². The average molecular weight is 324 g/mol. The summed E-state index contributed by atoms with van der Waals surface area (Å²) in [5, 5.41) is 0. The number of ether oxygens (including phenoxy) is 2. The van der Waals surface area contributed by atoms with Crippen LogP contribution in [-0.4, -0.2) is 32.9 Å². The second-order valence-electron chi connectivity index (χ2n) is 6.91. The molecular weight excluding hydrogens is 300 g/mol. The quantitative estimate of drug-likeness (QED) is 0.845. The van der Waals surface area contributed by atoms with E-state index in [1.54, 1.807) is 41.5 Å². The van der Waals surface area contributed by atoms with E-state index in [0.29, 0.717) is 5.56 Å². The predicted octanol–water partition coefficient (Wildman–Crippen LogP) is 1.96. The molecule has 1 heterocycles. The number of nitrogens with zero attached hydrogens (tertiary/aromatic N) is 3. The van der Waals surface area contributed by atoms with Crippen LogP contribution in [-0.2, 0) is 16.0 Å². The molecule has 8 nitrogen and oxygen atoms in total. The van der Waals surface area contributed by atoms with Gasteiger partial charge in [-0.1, -0.05) is 0 Å². The van der Waals surface area contributed by atoms with Crippen molar-refractivity contribution in [1.82, 2.24) is 9.55 Å². The number of hydrogen-bond acceptors (Lipinski definition) is 6. The van der Waals surface area contributed by atoms with Gasteiger partial charge >= 0.3 is 12.2 Å². The lowest BCUT2D eigenvalue weighted by Crippen LogP contribution is -2.36. The molecule has 0 atom stereocenters. The molecule has 0 saturated carbocycles. The predicted molar refractivity (Wildman–Crippen MR) is 83.5 cm³/mol. The average Bonchev–Trinajstić information content (AvgIpc) is 2.34. The van der Waals surface area contributed by atoms with Gasteiger partial charge in [-0.05, 0) is 41.5 Å². The van der Waals surface area contributed by atoms with Gasteiger partial charge < -0.3 is 15.2 Å². The first-order valence-electron chi connectivity index (χ1n) is 7.20. The molecule has 0 aliphatic heterocycles. The SMILES string of the molecule is CC(C)(C)OC(=O)N=c1ncc(CN)cn1C(=O)OC(C)(C)C. The molecule has 0 radical (unpaired) electrons. The summed E-state index contributed by atoms with van der Waals surface area (Å²) in [7, 11) is 0. The van der Waals surface area contributed by atoms with E-state index in [1.807, 2.05) is 0 Å². The fourth-order valence-corrected chi connectivity index (χ4v) is 1.46. The van der Waals surface area contributed by atoms with Gasteiger partial charge in [0.05, 0.1) is 0 Å². The topological polar surface area (TPSA) is 109 Å². The minimum Gasteiger partial charge on any atom is -0.443 e. The highest BCUT2D eigenvalue weighted by atomic mass is 16.6. The maximum absolute atomic E-state index is 12.3. The Labute approximate surface area is 135 Å². The molecule has 0 unspecified atom stereocenters. The van der Waals surface area contributed by atoms with Crippen molar-refractivity contribution in [2.45, 2.75) is 59.3 Å². The zero-order chi connectivity index (χ0) is 17.8. The second-order valence-corrected chi connectivity index (χ2v) is 6.91. The molecule has 8 heteroatoms. The summed E-state index contributed by atoms with van der Waals surface area (Å²) in [5.41, 5.74) is 4.61. The van der Waals surface area contributed by atoms with E-state index in [0.717, 1.165) is 4.57 Å². The van der Waals surface area contributed by atoms with Crippen LogP contribution in [0.5, 0.6) is 0 Å². The largest absolute Gasteiger partial charge is 0.443 e. The summed E-state index contributed by atoms with van der Waals surface area (Å²) in [6.45, 7) is 10.5. The molecule has 0 bridgehead atoms. The van der Waals surface area contributed by atoms with Crippen molar-refractivity contribution < 1.29 is 19.1 Å². The van der Waals surface area contributed by atoms with Crippen LogP contribution < -0.4 is 11.4 Å². The third-order valence-corrected chi connectivity index (χ3v) is 2.27. The fourth-order valence-electron chi connectivity index (χ4n) is 1.46. The van der Waals surface area contributed by atoms with E-state index >= 15 is 0 Å². The highest BCUT2D eigenvalue weighted by Crippen LogP contribution is 2.09. The lowest BCUT2D eigenvalue weighted by molar-refractivity contribution is 0.0522. The zero-order valence-corrected chi connectivity index (χ0v) is 14.4. The maximum Gasteiger partial charge on any atom is 0.437 e. The standard InChI is InChI=1S/C15H24N4O4/c1-14(2,3)22-12(20)18-11-17-8-10(7-16)9-19(11)13(21)23-15(4,5)6/h8-9H,7,16H2,1-6H3. The van der Waals surface area contributed by atoms with E-state index in [4.69, 9.17) is 15.2 Å². The van der Waals surface area contributed by atoms with E-state index < -0.39 is 23.4 Å². The lowest BCUT2D eigenvalue weighted by Gasteiger charge is -2.20. The first-order valence-corrected chi connectivity index (χ1v) is 7.20. The van der Waals surface area contributed by atoms with Gasteiger partial charge in [0.2, 0.25) is 5.62 Å². The van der Waals surface area contributed by atoms with Crippen molar-refractivity contribution in [2.24, 2.45) is 10.7 Å². The summed E-state index contributed by atoms with van der Waals surface area (Å²) in [4.78, 5) is 31.8. The molecule has 0 saturated heterocycles. The minimum absolute atomic E-state index is 0.134. The molecule has 23 heavy (non-hydrogen) atoms. The molecule has 128 valence electrons. The van der Waals surface area contributed by atoms with Crippen molar-refractivity contribution in [3.63, 3.8) is 0 Å². The van der Waals surface area contributed by atoms with Crippen molar-refractivity contribution in [1.29, 1.82) is 0 Å². The molecular formula is C15H24N4O4. The number of carbonyl (C=O) groups excluding carboxylic acids is 2. The molecule has 0 spiro atoms. The Morgan fingerprint density at radius 3 is 2.22 bits per heavy atom. The van der Waals surface area contributed by atoms with Gasteiger partial charge in [-0.3, -0.25) is 0 Å². The van der Waals surface area contributed by atoms with Crippen LogP contribution in [0.3, 0.4) is 0 Å². The van der Waals surface area contributed by atoms with Crippen molar-refractivity contribution in [2.75, 3.05) is 0 Å². The van der Waals surface area contributed by atoms with Crippen LogP contribution in [0.1, 0.15) is 47.1 Å². The van der Waals surface area contributed by atoms with Crippen molar-refractivity contribution in [3.05, 3.63) is 23.6 Å². The Hall–Kier alpha value is -2.22. The number of nitrogens with two attached hydrogens (primary N) is 1. The molecule has 0 aromatic carbocycles. The Morgan fingerprint density at radius 1 is 1.17 bits per heavy atom. The number of aromatic nitrogens is 2. The molecule has 0 fully saturated rings. The second kappa shape index (κ2) is 6.91. The van der Waals surface area contributed by atoms with Crippen molar-refractivity contribution in [3.8, 4) is 0 Å². The maximum atomic E-state index is 12.3. The first-order chi connectivity index (χ1) is 10.4. The molecule has 1 aromatic rings. The molecule has 0 aliphatic rings. The number of hydrogen-bond donors (Lipinski definition) is 1. The van der Waals surface area contributed by atoms with E-state index in [2.05, 4.69) is 9.98 Å². The van der Waals surface area contributed by atoms with Crippen LogP contribution in [0.2, 0.25) is 0 Å². The van der Waals surface area contributed by atoms with Crippen LogP contribution in [0.4, 0.5) is 9.59 Å². The fraction of sp³-hybridized carbons (Fsp3) is 0.600. The third kappa shape index (κ3) is 6.60. The first kappa shape index (κ1) is 18.8. The van der Waals surface area contributed by atoms with Gasteiger partial charge in [0.15, 0.2) is 0 Å². The van der Waals surface area contributed by atoms with Crippen molar-refractivity contribution >= 4 is 12.2 Å². The smallest absolute Gasteiger partial charge is 0.437 e. The Bertz CT molecular complexity index is 651. The highest BCUT2D eigenvalue weighted by Gasteiger charge is 2.20. The Morgan fingerprint density at radius 2 is 1.74 bits per heavy atom. The van der Waals surface area contributed by atoms with Crippen LogP contribution >= 0.6 is 0 Å². The zero-order valence-electron chi connectivity index (χ0n) is 14.4. The van der Waals surface area contributed by atoms with Gasteiger partial charge in [-0.25, -0.2) is 19.1 Å². The molecule has 0 aliphatic carbocycles. The highest BCUT2D eigenvalue weighted by molar-refractivity contribution is 5.72. The summed E-state index contributed by atoms with van der Waals surface area (Å²) in [6, 6.07) is 0. The van der Waals surface area contributed by atoms with Gasteiger partial charge in [0.1, 0.15) is 11.2 Å². The minimum atomic E-state index is -0.845. The van der Waals surface area contributed by atoms with Crippen LogP contribution in [0.25, 0.3) is 0 Å². The molecule has 2 N–H and O–H groups in total. The summed E-state index contributed by atoms with van der Waals surface area (Å²) >= 11 is 0. The van der Waals surface area contributed by atoms with E-state index in [1.165, 1.54) is 12.4 Å². The summed E-state index contributed by atoms with van der Waals surface area (Å²) < 4.78 is 11.4. The Kier molecular flexibility index (Phi) is 5.65. The molecule has 1 amide bonds. The van der Waals surface area contributed by atoms with E-state index in [9.17, 15) is 9.59 Å². The van der Waals surface area contributed by atoms with Crippen LogP contribution in [0, 0.1) is 0 Å². The monoisotopic (exact) mass is 324 g/mol. The van der Waals surface area contributed by atoms with E-state index in [-0.39, 0.29) is 12.2 Å².